The molecule has 1 aromatic carbocycles. The average Bonchev–Trinajstić information content (AvgIpc) is 3.21. The van der Waals surface area contributed by atoms with Crippen LogP contribution in [0.15, 0.2) is 41.9 Å². The van der Waals surface area contributed by atoms with Crippen molar-refractivity contribution in [3.05, 3.63) is 53.6 Å². The number of benzene rings is 1. The van der Waals surface area contributed by atoms with Gasteiger partial charge < -0.3 is 5.73 Å². The Morgan fingerprint density at radius 3 is 2.73 bits per heavy atom. The molecule has 3 aromatic heterocycles. The number of halogens is 1. The van der Waals surface area contributed by atoms with Crippen molar-refractivity contribution in [3.63, 3.8) is 0 Å². The van der Waals surface area contributed by atoms with Crippen LogP contribution in [0.3, 0.4) is 0 Å². The topological polar surface area (TPSA) is 69.1 Å². The van der Waals surface area contributed by atoms with Crippen LogP contribution in [0.5, 0.6) is 0 Å². The third-order valence-corrected chi connectivity index (χ3v) is 4.93. The molecule has 0 amide bonds. The Morgan fingerprint density at radius 1 is 1.15 bits per heavy atom. The number of nitrogens with zero attached hydrogens (tertiary/aromatic N) is 4. The average molecular weight is 367 g/mol. The lowest BCUT2D eigenvalue weighted by Crippen LogP contribution is -2.03. The predicted octanol–water partition coefficient (Wildman–Crippen LogP) is 4.58. The molecule has 0 aliphatic rings. The Balaban J connectivity index is 1.90. The van der Waals surface area contributed by atoms with E-state index in [0.29, 0.717) is 5.82 Å². The van der Waals surface area contributed by atoms with Gasteiger partial charge >= 0.3 is 0 Å². The minimum atomic E-state index is -0.274. The fourth-order valence-corrected chi connectivity index (χ4v) is 3.64. The fourth-order valence-electron chi connectivity index (χ4n) is 2.93. The molecule has 3 heterocycles. The van der Waals surface area contributed by atoms with E-state index in [1.54, 1.807) is 29.5 Å². The van der Waals surface area contributed by atoms with Gasteiger partial charge in [-0.25, -0.2) is 19.3 Å². The number of hydrogen-bond donors (Lipinski definition) is 1. The first-order valence-electron chi connectivity index (χ1n) is 8.51. The van der Waals surface area contributed by atoms with Crippen LogP contribution in [-0.4, -0.2) is 19.4 Å². The summed E-state index contributed by atoms with van der Waals surface area (Å²) in [6.45, 7) is 2.13. The van der Waals surface area contributed by atoms with Crippen LogP contribution in [0.2, 0.25) is 0 Å². The van der Waals surface area contributed by atoms with Gasteiger partial charge in [-0.15, -0.1) is 11.3 Å². The van der Waals surface area contributed by atoms with Crippen molar-refractivity contribution in [1.82, 2.24) is 19.4 Å². The summed E-state index contributed by atoms with van der Waals surface area (Å²) < 4.78 is 15.3. The molecule has 0 saturated heterocycles. The number of rotatable bonds is 5. The minimum Gasteiger partial charge on any atom is -0.384 e. The Kier molecular flexibility index (Phi) is 4.38. The van der Waals surface area contributed by atoms with Crippen LogP contribution in [0, 0.1) is 5.82 Å². The summed E-state index contributed by atoms with van der Waals surface area (Å²) in [5, 5.41) is 1.98. The molecule has 26 heavy (non-hydrogen) atoms. The van der Waals surface area contributed by atoms with Crippen molar-refractivity contribution >= 4 is 22.1 Å². The lowest BCUT2D eigenvalue weighted by molar-refractivity contribution is 0.628. The largest absolute Gasteiger partial charge is 0.384 e. The lowest BCUT2D eigenvalue weighted by Gasteiger charge is -2.08. The highest BCUT2D eigenvalue weighted by atomic mass is 32.1. The number of nitrogen functional groups attached to an aromatic ring is 1. The van der Waals surface area contributed by atoms with Gasteiger partial charge in [-0.2, -0.15) is 0 Å². The molecule has 132 valence electrons. The molecule has 4 aromatic rings. The molecule has 5 nitrogen and oxygen atoms in total. The monoisotopic (exact) mass is 367 g/mol. The van der Waals surface area contributed by atoms with E-state index in [0.717, 1.165) is 52.7 Å². The standard InChI is InChI=1S/C19H18FN5S/c1-2-3-4-16-22-14(11-15(21)23-16)18-17(12-5-7-13(20)8-6-12)24-19-25(18)9-10-26-19/h5-11H,2-4H2,1H3,(H2,21,22,23). The van der Waals surface area contributed by atoms with Gasteiger partial charge in [0.25, 0.3) is 0 Å². The summed E-state index contributed by atoms with van der Waals surface area (Å²) in [6, 6.07) is 8.10. The lowest BCUT2D eigenvalue weighted by atomic mass is 10.1. The zero-order valence-electron chi connectivity index (χ0n) is 14.3. The first-order chi connectivity index (χ1) is 12.7. The van der Waals surface area contributed by atoms with E-state index in [1.807, 2.05) is 16.0 Å². The third-order valence-electron chi connectivity index (χ3n) is 4.17. The normalized spacial score (nSPS) is 11.3. The first-order valence-corrected chi connectivity index (χ1v) is 9.39. The molecule has 0 saturated carbocycles. The van der Waals surface area contributed by atoms with Gasteiger partial charge in [-0.05, 0) is 30.7 Å². The summed E-state index contributed by atoms with van der Waals surface area (Å²) in [5.41, 5.74) is 9.21. The molecule has 0 atom stereocenters. The SMILES string of the molecule is CCCCc1nc(N)cc(-c2c(-c3ccc(F)cc3)nc3sccn23)n1. The van der Waals surface area contributed by atoms with Gasteiger partial charge in [0, 0.05) is 29.6 Å². The molecule has 0 fully saturated rings. The summed E-state index contributed by atoms with van der Waals surface area (Å²) >= 11 is 1.54. The van der Waals surface area contributed by atoms with Gasteiger partial charge in [0.1, 0.15) is 23.2 Å². The zero-order valence-corrected chi connectivity index (χ0v) is 15.1. The Labute approximate surface area is 154 Å². The number of fused-ring (bicyclic) bond motifs is 1. The molecule has 0 bridgehead atoms. The molecule has 4 rings (SSSR count). The second kappa shape index (κ2) is 6.84. The van der Waals surface area contributed by atoms with Crippen molar-refractivity contribution in [3.8, 4) is 22.6 Å². The maximum Gasteiger partial charge on any atom is 0.194 e. The number of hydrogen-bond acceptors (Lipinski definition) is 5. The van der Waals surface area contributed by atoms with Gasteiger partial charge in [0.05, 0.1) is 11.4 Å². The Morgan fingerprint density at radius 2 is 1.96 bits per heavy atom. The van der Waals surface area contributed by atoms with Crippen LogP contribution in [0.4, 0.5) is 10.2 Å². The van der Waals surface area contributed by atoms with Crippen molar-refractivity contribution < 1.29 is 4.39 Å². The van der Waals surface area contributed by atoms with Gasteiger partial charge in [0.15, 0.2) is 4.96 Å². The number of nitrogens with two attached hydrogens (primary N) is 1. The van der Waals surface area contributed by atoms with E-state index in [4.69, 9.17) is 15.7 Å². The van der Waals surface area contributed by atoms with E-state index < -0.39 is 0 Å². The maximum atomic E-state index is 13.3. The highest BCUT2D eigenvalue weighted by Gasteiger charge is 2.19. The Bertz CT molecular complexity index is 1050. The van der Waals surface area contributed by atoms with Crippen molar-refractivity contribution in [1.29, 1.82) is 0 Å². The van der Waals surface area contributed by atoms with Crippen LogP contribution in [0.25, 0.3) is 27.6 Å². The van der Waals surface area contributed by atoms with Crippen molar-refractivity contribution in [2.75, 3.05) is 5.73 Å². The number of thiazole rings is 1. The van der Waals surface area contributed by atoms with Crippen molar-refractivity contribution in [2.24, 2.45) is 0 Å². The third kappa shape index (κ3) is 3.06. The first kappa shape index (κ1) is 16.7. The van der Waals surface area contributed by atoms with Crippen LogP contribution in [-0.2, 0) is 6.42 Å². The van der Waals surface area contributed by atoms with Gasteiger partial charge in [-0.1, -0.05) is 13.3 Å². The van der Waals surface area contributed by atoms with Gasteiger partial charge in [-0.3, -0.25) is 4.40 Å². The fraction of sp³-hybridized carbons (Fsp3) is 0.211. The molecular weight excluding hydrogens is 349 g/mol. The summed E-state index contributed by atoms with van der Waals surface area (Å²) in [6.07, 6.45) is 4.81. The number of aromatic nitrogens is 4. The number of aryl methyl sites for hydroxylation is 1. The summed E-state index contributed by atoms with van der Waals surface area (Å²) in [4.78, 5) is 14.7. The zero-order chi connectivity index (χ0) is 18.1. The van der Waals surface area contributed by atoms with E-state index in [9.17, 15) is 4.39 Å². The molecular formula is C19H18FN5S. The molecule has 0 radical (unpaired) electrons. The summed E-state index contributed by atoms with van der Waals surface area (Å²) in [7, 11) is 0. The molecule has 0 unspecified atom stereocenters. The second-order valence-electron chi connectivity index (χ2n) is 6.07. The van der Waals surface area contributed by atoms with E-state index >= 15 is 0 Å². The second-order valence-corrected chi connectivity index (χ2v) is 6.94. The van der Waals surface area contributed by atoms with Crippen LogP contribution in [0.1, 0.15) is 25.6 Å². The molecule has 0 spiro atoms. The van der Waals surface area contributed by atoms with Crippen LogP contribution < -0.4 is 5.73 Å². The predicted molar refractivity (Wildman–Crippen MR) is 103 cm³/mol. The summed E-state index contributed by atoms with van der Waals surface area (Å²) in [5.74, 6) is 0.901. The number of unbranched alkanes of at least 4 members (excludes halogenated alkanes) is 1. The molecule has 0 aliphatic heterocycles. The van der Waals surface area contributed by atoms with E-state index in [2.05, 4.69) is 11.9 Å². The number of anilines is 1. The molecule has 0 aliphatic carbocycles. The van der Waals surface area contributed by atoms with Crippen molar-refractivity contribution in [2.45, 2.75) is 26.2 Å². The highest BCUT2D eigenvalue weighted by molar-refractivity contribution is 7.15. The van der Waals surface area contributed by atoms with E-state index in [-0.39, 0.29) is 5.82 Å². The molecule has 2 N–H and O–H groups in total. The Hall–Kier alpha value is -2.80. The maximum absolute atomic E-state index is 13.3. The number of imidazole rings is 1. The van der Waals surface area contributed by atoms with E-state index in [1.165, 1.54) is 12.1 Å². The van der Waals surface area contributed by atoms with Crippen LogP contribution >= 0.6 is 11.3 Å². The minimum absolute atomic E-state index is 0.274. The quantitative estimate of drug-likeness (QED) is 0.560. The smallest absolute Gasteiger partial charge is 0.194 e. The molecule has 7 heteroatoms. The highest BCUT2D eigenvalue weighted by Crippen LogP contribution is 2.34. The van der Waals surface area contributed by atoms with Gasteiger partial charge in [0.2, 0.25) is 0 Å².